The Hall–Kier alpha value is 0.500. The summed E-state index contributed by atoms with van der Waals surface area (Å²) < 4.78 is 17.7. The van der Waals surface area contributed by atoms with E-state index in [1.807, 2.05) is 11.8 Å². The standard InChI is InChI=1S/C15H29N3O2S2/c19-22-5-3-16-6-13(11-22)15-10-21-9-12(7-18-15)14-8-20-4-1-2-17-14/h12-18H,1-11H2. The van der Waals surface area contributed by atoms with Crippen molar-refractivity contribution in [1.29, 1.82) is 0 Å². The fraction of sp³-hybridized carbons (Fsp3) is 1.00. The molecule has 128 valence electrons. The highest BCUT2D eigenvalue weighted by atomic mass is 32.2. The Morgan fingerprint density at radius 3 is 2.95 bits per heavy atom. The zero-order chi connectivity index (χ0) is 15.2. The van der Waals surface area contributed by atoms with Crippen molar-refractivity contribution in [2.24, 2.45) is 11.8 Å². The third-order valence-electron chi connectivity index (χ3n) is 4.89. The third kappa shape index (κ3) is 5.00. The van der Waals surface area contributed by atoms with Gasteiger partial charge in [-0.3, -0.25) is 0 Å². The van der Waals surface area contributed by atoms with Crippen LogP contribution < -0.4 is 16.0 Å². The van der Waals surface area contributed by atoms with E-state index in [1.165, 1.54) is 5.75 Å². The van der Waals surface area contributed by atoms with Crippen LogP contribution in [0.3, 0.4) is 0 Å². The number of hydrogen-bond donors (Lipinski definition) is 3. The van der Waals surface area contributed by atoms with Gasteiger partial charge in [0.2, 0.25) is 0 Å². The number of rotatable bonds is 2. The Bertz CT molecular complexity index is 330. The molecule has 5 atom stereocenters. The first-order chi connectivity index (χ1) is 10.8. The van der Waals surface area contributed by atoms with E-state index in [-0.39, 0.29) is 0 Å². The molecule has 0 bridgehead atoms. The van der Waals surface area contributed by atoms with Crippen molar-refractivity contribution in [3.8, 4) is 0 Å². The minimum Gasteiger partial charge on any atom is -0.616 e. The predicted molar refractivity (Wildman–Crippen MR) is 94.1 cm³/mol. The number of nitrogens with one attached hydrogen (secondary N) is 3. The lowest BCUT2D eigenvalue weighted by Gasteiger charge is -2.27. The average molecular weight is 348 g/mol. The molecule has 3 N–H and O–H groups in total. The fourth-order valence-corrected chi connectivity index (χ4v) is 6.27. The SMILES string of the molecule is [O-][S+]1CCNCC(C2CSCC(C3COCCCN3)CN2)C1. The molecule has 3 saturated heterocycles. The monoisotopic (exact) mass is 347 g/mol. The number of ether oxygens (including phenoxy) is 1. The maximum absolute atomic E-state index is 12.0. The summed E-state index contributed by atoms with van der Waals surface area (Å²) in [4.78, 5) is 0. The molecule has 3 aliphatic heterocycles. The van der Waals surface area contributed by atoms with Gasteiger partial charge < -0.3 is 25.2 Å². The summed E-state index contributed by atoms with van der Waals surface area (Å²) in [6.07, 6.45) is 1.12. The highest BCUT2D eigenvalue weighted by molar-refractivity contribution is 7.99. The summed E-state index contributed by atoms with van der Waals surface area (Å²) in [5.74, 6) is 5.09. The van der Waals surface area contributed by atoms with Crippen molar-refractivity contribution in [2.75, 3.05) is 62.4 Å². The molecule has 7 heteroatoms. The Morgan fingerprint density at radius 2 is 2.00 bits per heavy atom. The van der Waals surface area contributed by atoms with Gasteiger partial charge in [-0.15, -0.1) is 0 Å². The topological polar surface area (TPSA) is 68.4 Å². The lowest BCUT2D eigenvalue weighted by molar-refractivity contribution is 0.117. The molecule has 0 spiro atoms. The van der Waals surface area contributed by atoms with Gasteiger partial charge in [0.15, 0.2) is 0 Å². The van der Waals surface area contributed by atoms with Crippen LogP contribution >= 0.6 is 11.8 Å². The zero-order valence-electron chi connectivity index (χ0n) is 13.2. The smallest absolute Gasteiger partial charge is 0.118 e. The van der Waals surface area contributed by atoms with Gasteiger partial charge in [0.25, 0.3) is 0 Å². The number of hydrogen-bond acceptors (Lipinski definition) is 6. The van der Waals surface area contributed by atoms with Crippen LogP contribution in [0.25, 0.3) is 0 Å². The number of thioether (sulfide) groups is 1. The van der Waals surface area contributed by atoms with Gasteiger partial charge in [-0.25, -0.2) is 0 Å². The molecule has 5 nitrogen and oxygen atoms in total. The first kappa shape index (κ1) is 17.3. The Labute approximate surface area is 141 Å². The summed E-state index contributed by atoms with van der Waals surface area (Å²) in [6.45, 7) is 5.74. The maximum Gasteiger partial charge on any atom is 0.118 e. The van der Waals surface area contributed by atoms with Gasteiger partial charge in [-0.1, -0.05) is 11.2 Å². The van der Waals surface area contributed by atoms with Crippen molar-refractivity contribution in [2.45, 2.75) is 18.5 Å². The van der Waals surface area contributed by atoms with Crippen molar-refractivity contribution >= 4 is 22.9 Å². The molecule has 3 rings (SSSR count). The van der Waals surface area contributed by atoms with Gasteiger partial charge in [0.05, 0.1) is 6.61 Å². The van der Waals surface area contributed by atoms with Gasteiger partial charge in [-0.2, -0.15) is 11.8 Å². The average Bonchev–Trinajstić information content (AvgIpc) is 2.99. The molecule has 3 fully saturated rings. The quantitative estimate of drug-likeness (QED) is 0.594. The van der Waals surface area contributed by atoms with Crippen LogP contribution in [0.15, 0.2) is 0 Å². The zero-order valence-corrected chi connectivity index (χ0v) is 14.9. The van der Waals surface area contributed by atoms with E-state index in [1.54, 1.807) is 0 Å². The van der Waals surface area contributed by atoms with Crippen molar-refractivity contribution < 1.29 is 9.29 Å². The fourth-order valence-electron chi connectivity index (χ4n) is 3.47. The molecular formula is C15H29N3O2S2. The summed E-state index contributed by atoms with van der Waals surface area (Å²) in [5.41, 5.74) is 0. The first-order valence-electron chi connectivity index (χ1n) is 8.51. The summed E-state index contributed by atoms with van der Waals surface area (Å²) in [7, 11) is 0. The molecule has 3 aliphatic rings. The van der Waals surface area contributed by atoms with Gasteiger partial charge in [-0.05, 0) is 24.6 Å². The molecule has 5 unspecified atom stereocenters. The largest absolute Gasteiger partial charge is 0.616 e. The van der Waals surface area contributed by atoms with Crippen LogP contribution in [0.2, 0.25) is 0 Å². The third-order valence-corrected chi connectivity index (χ3v) is 7.61. The molecular weight excluding hydrogens is 318 g/mol. The second-order valence-electron chi connectivity index (χ2n) is 6.58. The molecule has 0 amide bonds. The lowest BCUT2D eigenvalue weighted by Crippen LogP contribution is -2.48. The second kappa shape index (κ2) is 9.11. The highest BCUT2D eigenvalue weighted by Crippen LogP contribution is 2.22. The second-order valence-corrected chi connectivity index (χ2v) is 9.27. The predicted octanol–water partition coefficient (Wildman–Crippen LogP) is -0.346. The van der Waals surface area contributed by atoms with Gasteiger partial charge in [0, 0.05) is 50.0 Å². The van der Waals surface area contributed by atoms with Crippen LogP contribution in [0, 0.1) is 11.8 Å². The molecule has 22 heavy (non-hydrogen) atoms. The first-order valence-corrected chi connectivity index (χ1v) is 11.1. The maximum atomic E-state index is 12.0. The highest BCUT2D eigenvalue weighted by Gasteiger charge is 2.32. The Balaban J connectivity index is 1.52. The van der Waals surface area contributed by atoms with Crippen LogP contribution in [0.5, 0.6) is 0 Å². The van der Waals surface area contributed by atoms with E-state index in [0.29, 0.717) is 23.9 Å². The van der Waals surface area contributed by atoms with E-state index in [2.05, 4.69) is 16.0 Å². The van der Waals surface area contributed by atoms with E-state index < -0.39 is 11.2 Å². The minimum atomic E-state index is -0.654. The summed E-state index contributed by atoms with van der Waals surface area (Å²) >= 11 is 1.39. The van der Waals surface area contributed by atoms with Gasteiger partial charge in [0.1, 0.15) is 11.5 Å². The van der Waals surface area contributed by atoms with Crippen LogP contribution in [0.1, 0.15) is 6.42 Å². The minimum absolute atomic E-state index is 0.475. The summed E-state index contributed by atoms with van der Waals surface area (Å²) in [5, 5.41) is 10.9. The molecule has 0 aromatic rings. The van der Waals surface area contributed by atoms with E-state index >= 15 is 0 Å². The van der Waals surface area contributed by atoms with E-state index in [0.717, 1.165) is 63.1 Å². The van der Waals surface area contributed by atoms with E-state index in [9.17, 15) is 4.55 Å². The molecule has 0 aliphatic carbocycles. The molecule has 0 saturated carbocycles. The molecule has 3 heterocycles. The van der Waals surface area contributed by atoms with Crippen molar-refractivity contribution in [3.63, 3.8) is 0 Å². The lowest BCUT2D eigenvalue weighted by atomic mass is 9.99. The molecule has 0 radical (unpaired) electrons. The normalized spacial score (nSPS) is 42.1. The van der Waals surface area contributed by atoms with Crippen LogP contribution in [0.4, 0.5) is 0 Å². The van der Waals surface area contributed by atoms with Crippen LogP contribution in [-0.4, -0.2) is 79.0 Å². The molecule has 0 aromatic heterocycles. The van der Waals surface area contributed by atoms with Gasteiger partial charge >= 0.3 is 0 Å². The summed E-state index contributed by atoms with van der Waals surface area (Å²) in [6, 6.07) is 0.957. The molecule has 0 aromatic carbocycles. The van der Waals surface area contributed by atoms with Crippen molar-refractivity contribution in [3.05, 3.63) is 0 Å². The van der Waals surface area contributed by atoms with E-state index in [4.69, 9.17) is 4.74 Å². The Morgan fingerprint density at radius 1 is 1.05 bits per heavy atom. The van der Waals surface area contributed by atoms with Crippen LogP contribution in [-0.2, 0) is 15.9 Å². The Kier molecular flexibility index (Phi) is 7.17. The van der Waals surface area contributed by atoms with Crippen molar-refractivity contribution in [1.82, 2.24) is 16.0 Å².